The molecule has 4 rings (SSSR count). The Hall–Kier alpha value is -2.27. The van der Waals surface area contributed by atoms with Crippen molar-refractivity contribution in [3.05, 3.63) is 65.7 Å². The molecular weight excluding hydrogens is 481 g/mol. The van der Waals surface area contributed by atoms with Gasteiger partial charge >= 0.3 is 0 Å². The molecule has 2 aliphatic heterocycles. The van der Waals surface area contributed by atoms with Crippen molar-refractivity contribution in [3.8, 4) is 11.1 Å². The van der Waals surface area contributed by atoms with E-state index in [2.05, 4.69) is 16.4 Å². The molecule has 5 heteroatoms. The van der Waals surface area contributed by atoms with E-state index in [1.807, 2.05) is 33.8 Å². The van der Waals surface area contributed by atoms with Crippen molar-refractivity contribution in [3.63, 3.8) is 0 Å². The fraction of sp³-hybridized carbons (Fsp3) is 0.576. The average Bonchev–Trinajstić information content (AvgIpc) is 3.45. The smallest absolute Gasteiger partial charge is 0.133 e. The molecule has 0 amide bonds. The lowest BCUT2D eigenvalue weighted by atomic mass is 9.89. The van der Waals surface area contributed by atoms with Gasteiger partial charge in [-0.3, -0.25) is 0 Å². The Kier molecular flexibility index (Phi) is 12.9. The Morgan fingerprint density at radius 2 is 1.53 bits per heavy atom. The first kappa shape index (κ1) is 31.9. The van der Waals surface area contributed by atoms with Gasteiger partial charge in [0.15, 0.2) is 0 Å². The van der Waals surface area contributed by atoms with Crippen LogP contribution >= 0.6 is 0 Å². The van der Waals surface area contributed by atoms with Crippen LogP contribution in [0.1, 0.15) is 84.8 Å². The lowest BCUT2D eigenvalue weighted by Crippen LogP contribution is -2.41. The molecule has 0 radical (unpaired) electrons. The van der Waals surface area contributed by atoms with Crippen LogP contribution in [-0.2, 0) is 6.42 Å². The molecule has 0 unspecified atom stereocenters. The number of benzene rings is 2. The zero-order chi connectivity index (χ0) is 28.3. The fourth-order valence-electron chi connectivity index (χ4n) is 5.36. The van der Waals surface area contributed by atoms with E-state index in [0.717, 1.165) is 70.3 Å². The summed E-state index contributed by atoms with van der Waals surface area (Å²) in [5.41, 5.74) is 1.97. The Labute approximate surface area is 229 Å². The minimum Gasteiger partial charge on any atom is -0.371 e. The van der Waals surface area contributed by atoms with Gasteiger partial charge in [-0.1, -0.05) is 52.5 Å². The maximum atomic E-state index is 15.0. The van der Waals surface area contributed by atoms with Gasteiger partial charge in [0.05, 0.1) is 0 Å². The summed E-state index contributed by atoms with van der Waals surface area (Å²) >= 11 is 0. The van der Waals surface area contributed by atoms with Crippen LogP contribution in [0.15, 0.2) is 43.0 Å². The Morgan fingerprint density at radius 1 is 0.895 bits per heavy atom. The second-order valence-corrected chi connectivity index (χ2v) is 10.6. The highest BCUT2D eigenvalue weighted by atomic mass is 19.1. The van der Waals surface area contributed by atoms with Crippen molar-refractivity contribution in [2.45, 2.75) is 85.7 Å². The summed E-state index contributed by atoms with van der Waals surface area (Å²) < 4.78 is 43.7. The Bertz CT molecular complexity index is 998. The van der Waals surface area contributed by atoms with E-state index in [4.69, 9.17) is 0 Å². The highest BCUT2D eigenvalue weighted by molar-refractivity contribution is 5.70. The average molecular weight is 531 g/mol. The van der Waals surface area contributed by atoms with E-state index in [0.29, 0.717) is 34.9 Å². The summed E-state index contributed by atoms with van der Waals surface area (Å²) in [6.45, 7) is 19.5. The summed E-state index contributed by atoms with van der Waals surface area (Å²) in [7, 11) is 0. The summed E-state index contributed by atoms with van der Waals surface area (Å²) in [4.78, 5) is 4.31. The largest absolute Gasteiger partial charge is 0.371 e. The van der Waals surface area contributed by atoms with E-state index in [9.17, 15) is 13.2 Å². The van der Waals surface area contributed by atoms with Crippen molar-refractivity contribution >= 4 is 5.70 Å². The van der Waals surface area contributed by atoms with Crippen molar-refractivity contribution in [2.75, 3.05) is 32.7 Å². The maximum absolute atomic E-state index is 15.0. The van der Waals surface area contributed by atoms with Crippen LogP contribution in [0.3, 0.4) is 0 Å². The highest BCUT2D eigenvalue weighted by Gasteiger charge is 2.25. The first-order chi connectivity index (χ1) is 18.2. The molecule has 0 aliphatic carbocycles. The lowest BCUT2D eigenvalue weighted by molar-refractivity contribution is 0.0943. The SMILES string of the molecule is C=C(c1ccc(-c2ccc(CCC3CCN(CC(C)(C)F)CC3)cc2F)cc1F)N1CCCC1.CC.CC. The predicted molar refractivity (Wildman–Crippen MR) is 157 cm³/mol. The fourth-order valence-corrected chi connectivity index (χ4v) is 5.36. The van der Waals surface area contributed by atoms with Crippen molar-refractivity contribution < 1.29 is 13.2 Å². The number of hydrogen-bond donors (Lipinski definition) is 0. The van der Waals surface area contributed by atoms with E-state index in [1.165, 1.54) is 6.07 Å². The first-order valence-corrected chi connectivity index (χ1v) is 14.6. The van der Waals surface area contributed by atoms with Crippen LogP contribution in [0, 0.1) is 17.6 Å². The summed E-state index contributed by atoms with van der Waals surface area (Å²) in [6, 6.07) is 10.2. The van der Waals surface area contributed by atoms with Crippen LogP contribution in [0.25, 0.3) is 16.8 Å². The zero-order valence-electron chi connectivity index (χ0n) is 24.6. The van der Waals surface area contributed by atoms with Gasteiger partial charge in [-0.2, -0.15) is 0 Å². The molecule has 2 saturated heterocycles. The standard InChI is InChI=1S/C29H37F3N2.2C2H6/c1-21(34-14-4-5-15-34)25-11-9-24(19-28(25)31)26-10-8-23(18-27(26)30)7-6-22-12-16-33(17-13-22)20-29(2,3)32;2*1-2/h8-11,18-19,22H,1,4-7,12-17,20H2,2-3H3;2*1-2H3. The van der Waals surface area contributed by atoms with Gasteiger partial charge < -0.3 is 9.80 Å². The number of aryl methyl sites for hydroxylation is 1. The summed E-state index contributed by atoms with van der Waals surface area (Å²) in [6.07, 6.45) is 6.16. The number of likely N-dealkylation sites (tertiary alicyclic amines) is 2. The third-order valence-electron chi connectivity index (χ3n) is 7.26. The van der Waals surface area contributed by atoms with Crippen LogP contribution in [0.4, 0.5) is 13.2 Å². The molecule has 0 saturated carbocycles. The minimum atomic E-state index is -1.16. The second-order valence-electron chi connectivity index (χ2n) is 10.6. The molecule has 2 nitrogen and oxygen atoms in total. The predicted octanol–water partition coefficient (Wildman–Crippen LogP) is 9.14. The molecule has 0 atom stereocenters. The third-order valence-corrected chi connectivity index (χ3v) is 7.26. The maximum Gasteiger partial charge on any atom is 0.133 e. The molecule has 2 fully saturated rings. The van der Waals surface area contributed by atoms with Gasteiger partial charge in [-0.05, 0) is 101 Å². The van der Waals surface area contributed by atoms with Crippen LogP contribution < -0.4 is 0 Å². The molecule has 0 aromatic heterocycles. The molecule has 0 spiro atoms. The van der Waals surface area contributed by atoms with E-state index in [1.54, 1.807) is 38.1 Å². The molecule has 0 N–H and O–H groups in total. The molecule has 0 bridgehead atoms. The number of halogens is 3. The van der Waals surface area contributed by atoms with Crippen molar-refractivity contribution in [1.82, 2.24) is 9.80 Å². The van der Waals surface area contributed by atoms with Crippen LogP contribution in [-0.4, -0.2) is 48.2 Å². The molecule has 212 valence electrons. The normalized spacial score (nSPS) is 16.4. The molecule has 2 aromatic rings. The second kappa shape index (κ2) is 15.4. The monoisotopic (exact) mass is 530 g/mol. The van der Waals surface area contributed by atoms with Gasteiger partial charge in [-0.25, -0.2) is 13.2 Å². The number of rotatable bonds is 8. The Balaban J connectivity index is 0.00000121. The minimum absolute atomic E-state index is 0.317. The number of alkyl halides is 1. The van der Waals surface area contributed by atoms with Gasteiger partial charge in [0.2, 0.25) is 0 Å². The molecule has 2 aromatic carbocycles. The van der Waals surface area contributed by atoms with Crippen molar-refractivity contribution in [1.29, 1.82) is 0 Å². The highest BCUT2D eigenvalue weighted by Crippen LogP contribution is 2.31. The van der Waals surface area contributed by atoms with Crippen molar-refractivity contribution in [2.24, 2.45) is 5.92 Å². The van der Waals surface area contributed by atoms with E-state index in [-0.39, 0.29) is 11.6 Å². The molecule has 2 aliphatic rings. The third kappa shape index (κ3) is 9.18. The van der Waals surface area contributed by atoms with Gasteiger partial charge in [0.1, 0.15) is 17.3 Å². The quantitative estimate of drug-likeness (QED) is 0.336. The van der Waals surface area contributed by atoms with Crippen LogP contribution in [0.2, 0.25) is 0 Å². The lowest BCUT2D eigenvalue weighted by Gasteiger charge is -2.34. The Morgan fingerprint density at radius 3 is 2.08 bits per heavy atom. The zero-order valence-corrected chi connectivity index (χ0v) is 24.6. The summed E-state index contributed by atoms with van der Waals surface area (Å²) in [5, 5.41) is 0. The molecular formula is C33H49F3N2. The van der Waals surface area contributed by atoms with Gasteiger partial charge in [0.25, 0.3) is 0 Å². The number of nitrogens with zero attached hydrogens (tertiary/aromatic N) is 2. The van der Waals surface area contributed by atoms with E-state index >= 15 is 0 Å². The van der Waals surface area contributed by atoms with Crippen LogP contribution in [0.5, 0.6) is 0 Å². The topological polar surface area (TPSA) is 6.48 Å². The van der Waals surface area contributed by atoms with Gasteiger partial charge in [-0.15, -0.1) is 0 Å². The molecule has 38 heavy (non-hydrogen) atoms. The van der Waals surface area contributed by atoms with Gasteiger partial charge in [0, 0.05) is 36.5 Å². The number of hydrogen-bond acceptors (Lipinski definition) is 2. The summed E-state index contributed by atoms with van der Waals surface area (Å²) in [5.74, 6) is -0.0876. The first-order valence-electron chi connectivity index (χ1n) is 14.6. The molecule has 2 heterocycles. The van der Waals surface area contributed by atoms with E-state index < -0.39 is 5.67 Å². The number of piperidine rings is 1.